The molecule has 18 heavy (non-hydrogen) atoms. The number of ether oxygens (including phenoxy) is 1. The van der Waals surface area contributed by atoms with Crippen molar-refractivity contribution in [1.29, 1.82) is 0 Å². The van der Waals surface area contributed by atoms with Crippen molar-refractivity contribution >= 4 is 5.91 Å². The smallest absolute Gasteiger partial charge is 0.260 e. The zero-order chi connectivity index (χ0) is 13.0. The van der Waals surface area contributed by atoms with Crippen LogP contribution < -0.4 is 4.74 Å². The summed E-state index contributed by atoms with van der Waals surface area (Å²) in [5.41, 5.74) is 1.14. The fourth-order valence-corrected chi connectivity index (χ4v) is 2.36. The lowest BCUT2D eigenvalue weighted by Gasteiger charge is -2.30. The maximum atomic E-state index is 12.0. The van der Waals surface area contributed by atoms with Crippen LogP contribution in [0.1, 0.15) is 25.3 Å². The molecule has 1 fully saturated rings. The van der Waals surface area contributed by atoms with Crippen molar-refractivity contribution in [2.24, 2.45) is 5.92 Å². The van der Waals surface area contributed by atoms with Gasteiger partial charge in [-0.25, -0.2) is 0 Å². The lowest BCUT2D eigenvalue weighted by atomic mass is 10.0. The molecule has 1 saturated heterocycles. The third-order valence-electron chi connectivity index (χ3n) is 3.36. The summed E-state index contributed by atoms with van der Waals surface area (Å²) in [6.45, 7) is 6.11. The average Bonchev–Trinajstić information content (AvgIpc) is 2.36. The zero-order valence-corrected chi connectivity index (χ0v) is 11.2. The second-order valence-electron chi connectivity index (χ2n) is 5.19. The van der Waals surface area contributed by atoms with E-state index in [0.29, 0.717) is 5.92 Å². The summed E-state index contributed by atoms with van der Waals surface area (Å²) >= 11 is 0. The molecule has 0 saturated carbocycles. The van der Waals surface area contributed by atoms with Gasteiger partial charge in [-0.3, -0.25) is 4.79 Å². The van der Waals surface area contributed by atoms with E-state index in [1.165, 1.54) is 6.42 Å². The van der Waals surface area contributed by atoms with Crippen LogP contribution in [-0.4, -0.2) is 30.5 Å². The molecule has 1 unspecified atom stereocenters. The molecule has 0 aromatic heterocycles. The van der Waals surface area contributed by atoms with Crippen molar-refractivity contribution < 1.29 is 9.53 Å². The fraction of sp³-hybridized carbons (Fsp3) is 0.533. The number of piperidine rings is 1. The number of benzene rings is 1. The normalized spacial score (nSPS) is 19.7. The van der Waals surface area contributed by atoms with Gasteiger partial charge in [0.1, 0.15) is 5.75 Å². The Balaban J connectivity index is 1.84. The number of rotatable bonds is 3. The van der Waals surface area contributed by atoms with Gasteiger partial charge in [-0.05, 0) is 43.4 Å². The number of amides is 1. The summed E-state index contributed by atoms with van der Waals surface area (Å²) in [5.74, 6) is 1.48. The van der Waals surface area contributed by atoms with E-state index < -0.39 is 0 Å². The predicted molar refractivity (Wildman–Crippen MR) is 71.7 cm³/mol. The lowest BCUT2D eigenvalue weighted by Crippen LogP contribution is -2.41. The molecule has 1 heterocycles. The number of likely N-dealkylation sites (tertiary alicyclic amines) is 1. The minimum absolute atomic E-state index is 0.100. The third-order valence-corrected chi connectivity index (χ3v) is 3.36. The van der Waals surface area contributed by atoms with Gasteiger partial charge in [-0.2, -0.15) is 0 Å². The van der Waals surface area contributed by atoms with E-state index >= 15 is 0 Å². The SMILES string of the molecule is Cc1cccc(OCC(=O)N2CCCC(C)C2)c1. The molecule has 1 aromatic carbocycles. The monoisotopic (exact) mass is 247 g/mol. The van der Waals surface area contributed by atoms with Gasteiger partial charge < -0.3 is 9.64 Å². The minimum atomic E-state index is 0.100. The molecule has 0 N–H and O–H groups in total. The topological polar surface area (TPSA) is 29.5 Å². The van der Waals surface area contributed by atoms with E-state index in [0.717, 1.165) is 30.8 Å². The Morgan fingerprint density at radius 3 is 3.06 bits per heavy atom. The van der Waals surface area contributed by atoms with Gasteiger partial charge in [0.25, 0.3) is 5.91 Å². The van der Waals surface area contributed by atoms with Crippen molar-refractivity contribution in [3.8, 4) is 5.75 Å². The first-order valence-corrected chi connectivity index (χ1v) is 6.62. The molecule has 2 rings (SSSR count). The molecular weight excluding hydrogens is 226 g/mol. The Hall–Kier alpha value is -1.51. The number of nitrogens with zero attached hydrogens (tertiary/aromatic N) is 1. The summed E-state index contributed by atoms with van der Waals surface area (Å²) < 4.78 is 5.55. The Morgan fingerprint density at radius 2 is 2.33 bits per heavy atom. The number of aryl methyl sites for hydroxylation is 1. The number of hydrogen-bond donors (Lipinski definition) is 0. The van der Waals surface area contributed by atoms with Crippen molar-refractivity contribution in [1.82, 2.24) is 4.90 Å². The second kappa shape index (κ2) is 5.89. The molecule has 0 spiro atoms. The number of hydrogen-bond acceptors (Lipinski definition) is 2. The van der Waals surface area contributed by atoms with Crippen LogP contribution in [0.25, 0.3) is 0 Å². The van der Waals surface area contributed by atoms with Crippen LogP contribution in [0.3, 0.4) is 0 Å². The largest absolute Gasteiger partial charge is 0.484 e. The molecule has 1 amide bonds. The van der Waals surface area contributed by atoms with Gasteiger partial charge >= 0.3 is 0 Å². The van der Waals surface area contributed by atoms with Crippen LogP contribution in [0, 0.1) is 12.8 Å². The quantitative estimate of drug-likeness (QED) is 0.821. The van der Waals surface area contributed by atoms with Crippen LogP contribution in [0.5, 0.6) is 5.75 Å². The molecule has 1 aliphatic heterocycles. The van der Waals surface area contributed by atoms with E-state index in [1.54, 1.807) is 0 Å². The summed E-state index contributed by atoms with van der Waals surface area (Å²) in [6, 6.07) is 7.80. The molecule has 98 valence electrons. The molecule has 1 atom stereocenters. The van der Waals surface area contributed by atoms with E-state index in [9.17, 15) is 4.79 Å². The number of carbonyl (C=O) groups is 1. The van der Waals surface area contributed by atoms with Crippen molar-refractivity contribution in [3.63, 3.8) is 0 Å². The van der Waals surface area contributed by atoms with Crippen molar-refractivity contribution in [2.45, 2.75) is 26.7 Å². The lowest BCUT2D eigenvalue weighted by molar-refractivity contribution is -0.135. The van der Waals surface area contributed by atoms with Crippen molar-refractivity contribution in [3.05, 3.63) is 29.8 Å². The van der Waals surface area contributed by atoms with E-state index in [4.69, 9.17) is 4.74 Å². The molecule has 0 bridgehead atoms. The second-order valence-corrected chi connectivity index (χ2v) is 5.19. The van der Waals surface area contributed by atoms with Gasteiger partial charge in [0.05, 0.1) is 0 Å². The van der Waals surface area contributed by atoms with Gasteiger partial charge in [0, 0.05) is 13.1 Å². The van der Waals surface area contributed by atoms with Gasteiger partial charge in [0.2, 0.25) is 0 Å². The highest BCUT2D eigenvalue weighted by Crippen LogP contribution is 2.16. The predicted octanol–water partition coefficient (Wildman–Crippen LogP) is 2.63. The molecule has 3 nitrogen and oxygen atoms in total. The maximum Gasteiger partial charge on any atom is 0.260 e. The highest BCUT2D eigenvalue weighted by atomic mass is 16.5. The molecule has 0 aliphatic carbocycles. The summed E-state index contributed by atoms with van der Waals surface area (Å²) in [4.78, 5) is 13.9. The van der Waals surface area contributed by atoms with Crippen LogP contribution in [0.4, 0.5) is 0 Å². The summed E-state index contributed by atoms with van der Waals surface area (Å²) in [7, 11) is 0. The average molecular weight is 247 g/mol. The third kappa shape index (κ3) is 3.49. The van der Waals surface area contributed by atoms with Gasteiger partial charge in [0.15, 0.2) is 6.61 Å². The highest BCUT2D eigenvalue weighted by molar-refractivity contribution is 5.77. The van der Waals surface area contributed by atoms with Crippen LogP contribution >= 0.6 is 0 Å². The molecule has 1 aromatic rings. The van der Waals surface area contributed by atoms with Crippen LogP contribution in [-0.2, 0) is 4.79 Å². The fourth-order valence-electron chi connectivity index (χ4n) is 2.36. The highest BCUT2D eigenvalue weighted by Gasteiger charge is 2.20. The van der Waals surface area contributed by atoms with Crippen LogP contribution in [0.15, 0.2) is 24.3 Å². The Bertz CT molecular complexity index is 417. The first-order chi connectivity index (χ1) is 8.65. The first kappa shape index (κ1) is 12.9. The van der Waals surface area contributed by atoms with Crippen molar-refractivity contribution in [2.75, 3.05) is 19.7 Å². The molecular formula is C15H21NO2. The molecule has 1 aliphatic rings. The van der Waals surface area contributed by atoms with E-state index in [2.05, 4.69) is 6.92 Å². The van der Waals surface area contributed by atoms with E-state index in [-0.39, 0.29) is 12.5 Å². The standard InChI is InChI=1S/C15H21NO2/c1-12-5-3-7-14(9-12)18-11-15(17)16-8-4-6-13(2)10-16/h3,5,7,9,13H,4,6,8,10-11H2,1-2H3. The Morgan fingerprint density at radius 1 is 1.50 bits per heavy atom. The summed E-state index contributed by atoms with van der Waals surface area (Å²) in [6.07, 6.45) is 2.33. The zero-order valence-electron chi connectivity index (χ0n) is 11.2. The van der Waals surface area contributed by atoms with E-state index in [1.807, 2.05) is 36.1 Å². The summed E-state index contributed by atoms with van der Waals surface area (Å²) in [5, 5.41) is 0. The Kier molecular flexibility index (Phi) is 4.24. The minimum Gasteiger partial charge on any atom is -0.484 e. The van der Waals surface area contributed by atoms with Gasteiger partial charge in [-0.15, -0.1) is 0 Å². The van der Waals surface area contributed by atoms with Crippen LogP contribution in [0.2, 0.25) is 0 Å². The first-order valence-electron chi connectivity index (χ1n) is 6.62. The number of carbonyl (C=O) groups excluding carboxylic acids is 1. The van der Waals surface area contributed by atoms with Gasteiger partial charge in [-0.1, -0.05) is 19.1 Å². The molecule has 3 heteroatoms. The molecule has 0 radical (unpaired) electrons. The maximum absolute atomic E-state index is 12.0. The Labute approximate surface area is 109 Å².